The van der Waals surface area contributed by atoms with Gasteiger partial charge in [-0.2, -0.15) is 0 Å². The molecule has 1 rings (SSSR count). The number of nitrogens with two attached hydrogens (primary N) is 1. The Kier molecular flexibility index (Phi) is 3.97. The fourth-order valence-corrected chi connectivity index (χ4v) is 1.55. The third-order valence-corrected chi connectivity index (χ3v) is 2.60. The van der Waals surface area contributed by atoms with Crippen LogP contribution in [0.3, 0.4) is 0 Å². The lowest BCUT2D eigenvalue weighted by molar-refractivity contribution is -0.298. The molecule has 5 atom stereocenters. The molecule has 94 valence electrons. The average Bonchev–Trinajstić information content (AvgIpc) is 2.30. The average molecular weight is 237 g/mol. The van der Waals surface area contributed by atoms with Gasteiger partial charge >= 0.3 is 0 Å². The molecule has 1 aliphatic heterocycles. The van der Waals surface area contributed by atoms with Gasteiger partial charge in [0.25, 0.3) is 0 Å². The van der Waals surface area contributed by atoms with Crippen LogP contribution in [0.2, 0.25) is 0 Å². The third-order valence-electron chi connectivity index (χ3n) is 2.60. The molecule has 1 unspecified atom stereocenters. The highest BCUT2D eigenvalue weighted by molar-refractivity contribution is 5.87. The number of hydrogen-bond donors (Lipinski definition) is 6. The number of ether oxygens (including phenoxy) is 1. The predicted molar refractivity (Wildman–Crippen MR) is 49.0 cm³/mol. The van der Waals surface area contributed by atoms with Crippen molar-refractivity contribution in [1.82, 2.24) is 0 Å². The predicted octanol–water partition coefficient (Wildman–Crippen LogP) is -4.32. The van der Waals surface area contributed by atoms with Crippen LogP contribution in [0.25, 0.3) is 0 Å². The van der Waals surface area contributed by atoms with Crippen LogP contribution in [-0.2, 0) is 9.53 Å². The molecule has 1 heterocycles. The first-order chi connectivity index (χ1) is 7.38. The van der Waals surface area contributed by atoms with Crippen molar-refractivity contribution in [3.8, 4) is 0 Å². The first-order valence-electron chi connectivity index (χ1n) is 4.65. The fourth-order valence-electron chi connectivity index (χ4n) is 1.55. The van der Waals surface area contributed by atoms with Gasteiger partial charge in [-0.15, -0.1) is 0 Å². The molecular formula is C8H15NO7. The Bertz CT molecular complexity index is 271. The van der Waals surface area contributed by atoms with Crippen molar-refractivity contribution in [2.45, 2.75) is 30.1 Å². The SMILES string of the molecule is N[C@@H]1[C@@H](O)[C@H](O)[C@@H](CO)OC1(O)C(=O)CO. The van der Waals surface area contributed by atoms with E-state index in [1.165, 1.54) is 0 Å². The second kappa shape index (κ2) is 4.72. The molecule has 0 spiro atoms. The molecule has 1 aliphatic rings. The van der Waals surface area contributed by atoms with E-state index < -0.39 is 49.1 Å². The van der Waals surface area contributed by atoms with Crippen LogP contribution in [0.4, 0.5) is 0 Å². The van der Waals surface area contributed by atoms with Crippen LogP contribution >= 0.6 is 0 Å². The lowest BCUT2D eigenvalue weighted by Crippen LogP contribution is -2.71. The van der Waals surface area contributed by atoms with E-state index >= 15 is 0 Å². The summed E-state index contributed by atoms with van der Waals surface area (Å²) in [5, 5.41) is 46.1. The molecule has 0 radical (unpaired) electrons. The summed E-state index contributed by atoms with van der Waals surface area (Å²) in [4.78, 5) is 11.2. The number of aliphatic hydroxyl groups is 5. The number of aliphatic hydroxyl groups excluding tert-OH is 4. The van der Waals surface area contributed by atoms with Gasteiger partial charge in [-0.3, -0.25) is 4.79 Å². The molecule has 0 aromatic carbocycles. The van der Waals surface area contributed by atoms with Crippen LogP contribution in [-0.4, -0.2) is 74.7 Å². The highest BCUT2D eigenvalue weighted by Crippen LogP contribution is 2.27. The number of carbonyl (C=O) groups excluding carboxylic acids is 1. The van der Waals surface area contributed by atoms with Crippen molar-refractivity contribution in [3.63, 3.8) is 0 Å². The van der Waals surface area contributed by atoms with Crippen molar-refractivity contribution < 1.29 is 35.1 Å². The summed E-state index contributed by atoms with van der Waals surface area (Å²) in [5.74, 6) is -3.76. The van der Waals surface area contributed by atoms with E-state index in [-0.39, 0.29) is 0 Å². The van der Waals surface area contributed by atoms with Crippen molar-refractivity contribution in [1.29, 1.82) is 0 Å². The van der Waals surface area contributed by atoms with Crippen LogP contribution in [0, 0.1) is 0 Å². The molecule has 0 aromatic heterocycles. The minimum atomic E-state index is -2.61. The Morgan fingerprint density at radius 2 is 1.88 bits per heavy atom. The third kappa shape index (κ3) is 1.96. The number of rotatable bonds is 3. The van der Waals surface area contributed by atoms with Gasteiger partial charge in [0.1, 0.15) is 24.9 Å². The van der Waals surface area contributed by atoms with Crippen molar-refractivity contribution in [3.05, 3.63) is 0 Å². The Balaban J connectivity index is 2.98. The normalized spacial score (nSPS) is 44.4. The molecule has 16 heavy (non-hydrogen) atoms. The molecule has 8 heteroatoms. The molecule has 1 saturated heterocycles. The van der Waals surface area contributed by atoms with Gasteiger partial charge in [-0.05, 0) is 0 Å². The molecular weight excluding hydrogens is 222 g/mol. The largest absolute Gasteiger partial charge is 0.394 e. The molecule has 0 amide bonds. The first kappa shape index (κ1) is 13.5. The van der Waals surface area contributed by atoms with E-state index in [9.17, 15) is 20.1 Å². The topological polar surface area (TPSA) is 153 Å². The van der Waals surface area contributed by atoms with Crippen LogP contribution in [0.5, 0.6) is 0 Å². The Hall–Kier alpha value is -0.610. The van der Waals surface area contributed by atoms with Gasteiger partial charge in [-0.1, -0.05) is 0 Å². The zero-order valence-electron chi connectivity index (χ0n) is 8.35. The molecule has 1 fully saturated rings. The van der Waals surface area contributed by atoms with Gasteiger partial charge in [0.2, 0.25) is 11.6 Å². The van der Waals surface area contributed by atoms with Crippen LogP contribution in [0.15, 0.2) is 0 Å². The summed E-state index contributed by atoms with van der Waals surface area (Å²) in [5.41, 5.74) is 5.34. The molecule has 0 aromatic rings. The second-order valence-electron chi connectivity index (χ2n) is 3.62. The highest BCUT2D eigenvalue weighted by Gasteiger charge is 2.55. The fraction of sp³-hybridized carbons (Fsp3) is 0.875. The Labute approximate surface area is 90.9 Å². The van der Waals surface area contributed by atoms with Crippen molar-refractivity contribution >= 4 is 5.78 Å². The van der Waals surface area contributed by atoms with Crippen LogP contribution < -0.4 is 5.73 Å². The number of hydrogen-bond acceptors (Lipinski definition) is 8. The quantitative estimate of drug-likeness (QED) is 0.288. The van der Waals surface area contributed by atoms with E-state index in [1.807, 2.05) is 0 Å². The van der Waals surface area contributed by atoms with Crippen molar-refractivity contribution in [2.75, 3.05) is 13.2 Å². The highest BCUT2D eigenvalue weighted by atomic mass is 16.7. The molecule has 0 saturated carbocycles. The minimum absolute atomic E-state index is 0.716. The molecule has 8 nitrogen and oxygen atoms in total. The summed E-state index contributed by atoms with van der Waals surface area (Å²) in [6, 6.07) is -1.61. The summed E-state index contributed by atoms with van der Waals surface area (Å²) in [7, 11) is 0. The minimum Gasteiger partial charge on any atom is -0.394 e. The van der Waals surface area contributed by atoms with Crippen LogP contribution in [0.1, 0.15) is 0 Å². The standard InChI is InChI=1S/C8H15NO7/c9-7-6(14)5(13)3(1-10)16-8(7,15)4(12)2-11/h3,5-7,10-11,13-15H,1-2,9H2/t3-,5-,6+,7-,8?/m1/s1. The number of carbonyl (C=O) groups is 1. The maximum atomic E-state index is 11.2. The van der Waals surface area contributed by atoms with E-state index in [1.54, 1.807) is 0 Å². The Morgan fingerprint density at radius 1 is 1.31 bits per heavy atom. The second-order valence-corrected chi connectivity index (χ2v) is 3.62. The van der Waals surface area contributed by atoms with Gasteiger partial charge in [-0.25, -0.2) is 0 Å². The Morgan fingerprint density at radius 3 is 2.31 bits per heavy atom. The summed E-state index contributed by atoms with van der Waals surface area (Å²) >= 11 is 0. The smallest absolute Gasteiger partial charge is 0.247 e. The monoisotopic (exact) mass is 237 g/mol. The van der Waals surface area contributed by atoms with E-state index in [2.05, 4.69) is 0 Å². The number of Topliss-reactive ketones (excluding diaryl/α,β-unsaturated/α-hetero) is 1. The lowest BCUT2D eigenvalue weighted by Gasteiger charge is -2.44. The molecule has 0 bridgehead atoms. The van der Waals surface area contributed by atoms with Gasteiger partial charge in [0.15, 0.2) is 0 Å². The van der Waals surface area contributed by atoms with Gasteiger partial charge in [0, 0.05) is 0 Å². The van der Waals surface area contributed by atoms with E-state index in [0.717, 1.165) is 0 Å². The van der Waals surface area contributed by atoms with Gasteiger partial charge in [0.05, 0.1) is 12.6 Å². The van der Waals surface area contributed by atoms with E-state index in [4.69, 9.17) is 20.7 Å². The molecule has 7 N–H and O–H groups in total. The summed E-state index contributed by atoms with van der Waals surface area (Å²) in [6.07, 6.45) is -4.52. The maximum Gasteiger partial charge on any atom is 0.247 e. The molecule has 0 aliphatic carbocycles. The summed E-state index contributed by atoms with van der Waals surface area (Å²) < 4.78 is 4.73. The van der Waals surface area contributed by atoms with E-state index in [0.29, 0.717) is 0 Å². The zero-order chi connectivity index (χ0) is 12.5. The number of ketones is 1. The first-order valence-corrected chi connectivity index (χ1v) is 4.65. The zero-order valence-corrected chi connectivity index (χ0v) is 8.35. The van der Waals surface area contributed by atoms with Gasteiger partial charge < -0.3 is 36.0 Å². The summed E-state index contributed by atoms with van der Waals surface area (Å²) in [6.45, 7) is -1.75. The maximum absolute atomic E-state index is 11.2. The van der Waals surface area contributed by atoms with Crippen molar-refractivity contribution in [2.24, 2.45) is 5.73 Å². The lowest BCUT2D eigenvalue weighted by atomic mass is 9.89.